The van der Waals surface area contributed by atoms with Crippen molar-refractivity contribution >= 4 is 24.0 Å². The summed E-state index contributed by atoms with van der Waals surface area (Å²) in [5.74, 6) is -0.371. The van der Waals surface area contributed by atoms with Crippen molar-refractivity contribution in [1.82, 2.24) is 5.32 Å². The van der Waals surface area contributed by atoms with Gasteiger partial charge in [0.2, 0.25) is 5.91 Å². The topological polar surface area (TPSA) is 68.8 Å². The van der Waals surface area contributed by atoms with Crippen LogP contribution in [0.4, 0.5) is 14.5 Å². The summed E-state index contributed by atoms with van der Waals surface area (Å²) in [5, 5.41) is 6.16. The highest BCUT2D eigenvalue weighted by molar-refractivity contribution is 5.93. The number of anilines is 1. The van der Waals surface area contributed by atoms with E-state index in [2.05, 4.69) is 20.1 Å². The van der Waals surface area contributed by atoms with Crippen molar-refractivity contribution in [2.45, 2.75) is 37.7 Å². The van der Waals surface area contributed by atoms with Crippen molar-refractivity contribution in [3.63, 3.8) is 0 Å². The Morgan fingerprint density at radius 1 is 1.24 bits per heavy atom. The molecule has 2 aliphatic heterocycles. The summed E-state index contributed by atoms with van der Waals surface area (Å²) in [6.45, 7) is 1.51. The number of hydrogen-bond acceptors (Lipinski definition) is 5. The summed E-state index contributed by atoms with van der Waals surface area (Å²) in [5.41, 5.74) is 0.412. The van der Waals surface area contributed by atoms with Gasteiger partial charge in [-0.2, -0.15) is 0 Å². The van der Waals surface area contributed by atoms with Gasteiger partial charge in [0.15, 0.2) is 11.5 Å². The Labute approximate surface area is 149 Å². The second-order valence-corrected chi connectivity index (χ2v) is 6.30. The molecule has 25 heavy (non-hydrogen) atoms. The zero-order chi connectivity index (χ0) is 16.7. The number of benzene rings is 1. The van der Waals surface area contributed by atoms with Crippen LogP contribution in [0.25, 0.3) is 0 Å². The molecule has 1 saturated carbocycles. The highest BCUT2D eigenvalue weighted by atomic mass is 35.5. The predicted molar refractivity (Wildman–Crippen MR) is 87.4 cm³/mol. The van der Waals surface area contributed by atoms with E-state index in [1.54, 1.807) is 0 Å². The van der Waals surface area contributed by atoms with Gasteiger partial charge >= 0.3 is 6.29 Å². The summed E-state index contributed by atoms with van der Waals surface area (Å²) >= 11 is 0. The third kappa shape index (κ3) is 3.80. The number of alkyl halides is 2. The summed E-state index contributed by atoms with van der Waals surface area (Å²) in [6.07, 6.45) is -1.19. The Morgan fingerprint density at radius 3 is 2.88 bits per heavy atom. The maximum absolute atomic E-state index is 13.0. The summed E-state index contributed by atoms with van der Waals surface area (Å²) in [4.78, 5) is 12.5. The van der Waals surface area contributed by atoms with Crippen molar-refractivity contribution in [2.75, 3.05) is 18.5 Å². The molecule has 1 aliphatic carbocycles. The molecule has 2 fully saturated rings. The third-order valence-electron chi connectivity index (χ3n) is 4.67. The Bertz CT molecular complexity index is 661. The maximum Gasteiger partial charge on any atom is 0.586 e. The minimum absolute atomic E-state index is 0. The SMILES string of the molecule is Cl.O=C(Nc1ccc2c(c1)OC(F)(F)O2)[C@H]1CC[C@H]2OCCN[C@@H]2C1. The van der Waals surface area contributed by atoms with E-state index < -0.39 is 6.29 Å². The molecular weight excluding hydrogens is 358 g/mol. The normalized spacial score (nSPS) is 29.3. The number of hydrogen-bond donors (Lipinski definition) is 2. The highest BCUT2D eigenvalue weighted by Crippen LogP contribution is 2.42. The van der Waals surface area contributed by atoms with Crippen molar-refractivity contribution in [3.8, 4) is 11.5 Å². The van der Waals surface area contributed by atoms with Crippen LogP contribution in [0.15, 0.2) is 18.2 Å². The molecule has 1 aromatic carbocycles. The molecule has 9 heteroatoms. The van der Waals surface area contributed by atoms with Gasteiger partial charge in [0.1, 0.15) is 0 Å². The van der Waals surface area contributed by atoms with Gasteiger partial charge in [-0.25, -0.2) is 0 Å². The van der Waals surface area contributed by atoms with Gasteiger partial charge in [-0.15, -0.1) is 21.2 Å². The largest absolute Gasteiger partial charge is 0.586 e. The first kappa shape index (κ1) is 18.2. The van der Waals surface area contributed by atoms with Crippen molar-refractivity contribution < 1.29 is 27.8 Å². The number of amides is 1. The first-order chi connectivity index (χ1) is 11.5. The fraction of sp³-hybridized carbons (Fsp3) is 0.562. The van der Waals surface area contributed by atoms with E-state index in [9.17, 15) is 13.6 Å². The lowest BCUT2D eigenvalue weighted by molar-refractivity contribution is -0.286. The minimum Gasteiger partial charge on any atom is -0.395 e. The number of rotatable bonds is 2. The molecule has 0 unspecified atom stereocenters. The molecule has 1 amide bonds. The molecule has 138 valence electrons. The van der Waals surface area contributed by atoms with E-state index in [1.807, 2.05) is 0 Å². The average molecular weight is 377 g/mol. The van der Waals surface area contributed by atoms with Crippen LogP contribution in [-0.2, 0) is 9.53 Å². The van der Waals surface area contributed by atoms with Crippen LogP contribution >= 0.6 is 12.4 Å². The second-order valence-electron chi connectivity index (χ2n) is 6.30. The number of ether oxygens (including phenoxy) is 3. The summed E-state index contributed by atoms with van der Waals surface area (Å²) in [6, 6.07) is 4.43. The van der Waals surface area contributed by atoms with Crippen LogP contribution in [-0.4, -0.2) is 37.5 Å². The lowest BCUT2D eigenvalue weighted by Gasteiger charge is -2.39. The van der Waals surface area contributed by atoms with Gasteiger partial charge < -0.3 is 24.8 Å². The predicted octanol–water partition coefficient (Wildman–Crippen LogP) is 2.53. The second kappa shape index (κ2) is 6.93. The molecule has 0 aromatic heterocycles. The number of carbonyl (C=O) groups excluding carboxylic acids is 1. The number of nitrogens with one attached hydrogen (secondary N) is 2. The van der Waals surface area contributed by atoms with Crippen LogP contribution < -0.4 is 20.1 Å². The van der Waals surface area contributed by atoms with E-state index >= 15 is 0 Å². The molecule has 0 bridgehead atoms. The number of fused-ring (bicyclic) bond motifs is 2. The molecule has 1 aromatic rings. The van der Waals surface area contributed by atoms with E-state index in [0.29, 0.717) is 18.7 Å². The van der Waals surface area contributed by atoms with Gasteiger partial charge in [-0.05, 0) is 31.4 Å². The molecule has 3 atom stereocenters. The van der Waals surface area contributed by atoms with Gasteiger partial charge in [0, 0.05) is 30.3 Å². The highest BCUT2D eigenvalue weighted by Gasteiger charge is 2.43. The van der Waals surface area contributed by atoms with E-state index in [0.717, 1.165) is 19.4 Å². The third-order valence-corrected chi connectivity index (χ3v) is 4.67. The van der Waals surface area contributed by atoms with Gasteiger partial charge in [-0.1, -0.05) is 0 Å². The Kier molecular flexibility index (Phi) is 5.04. The van der Waals surface area contributed by atoms with Gasteiger partial charge in [0.05, 0.1) is 12.7 Å². The smallest absolute Gasteiger partial charge is 0.395 e. The monoisotopic (exact) mass is 376 g/mol. The Hall–Kier alpha value is -1.64. The Morgan fingerprint density at radius 2 is 2.04 bits per heavy atom. The Balaban J connectivity index is 0.00000182. The van der Waals surface area contributed by atoms with Gasteiger partial charge in [-0.3, -0.25) is 4.79 Å². The van der Waals surface area contributed by atoms with Crippen LogP contribution in [0.5, 0.6) is 11.5 Å². The molecule has 3 aliphatic rings. The van der Waals surface area contributed by atoms with Gasteiger partial charge in [0.25, 0.3) is 0 Å². The zero-order valence-corrected chi connectivity index (χ0v) is 14.1. The summed E-state index contributed by atoms with van der Waals surface area (Å²) < 4.78 is 40.5. The molecule has 0 radical (unpaired) electrons. The maximum atomic E-state index is 13.0. The lowest BCUT2D eigenvalue weighted by atomic mass is 9.82. The summed E-state index contributed by atoms with van der Waals surface area (Å²) in [7, 11) is 0. The zero-order valence-electron chi connectivity index (χ0n) is 13.3. The molecule has 1 saturated heterocycles. The molecular formula is C16H19ClF2N2O4. The first-order valence-electron chi connectivity index (χ1n) is 8.06. The molecule has 0 spiro atoms. The van der Waals surface area contributed by atoms with E-state index in [1.165, 1.54) is 18.2 Å². The lowest BCUT2D eigenvalue weighted by Crippen LogP contribution is -2.52. The quantitative estimate of drug-likeness (QED) is 0.830. The van der Waals surface area contributed by atoms with Crippen LogP contribution in [0.3, 0.4) is 0 Å². The number of carbonyl (C=O) groups is 1. The first-order valence-corrected chi connectivity index (χ1v) is 8.06. The standard InChI is InChI=1S/C16H18F2N2O4.ClH/c17-16(18)23-13-4-2-10(8-14(13)24-16)20-15(21)9-1-3-12-11(7-9)19-5-6-22-12;/h2,4,8-9,11-12,19H,1,3,5-7H2,(H,20,21);1H/t9-,11+,12+;/m0./s1. The molecule has 6 nitrogen and oxygen atoms in total. The fourth-order valence-corrected chi connectivity index (χ4v) is 3.52. The number of halogens is 3. The van der Waals surface area contributed by atoms with E-state index in [-0.39, 0.29) is 47.9 Å². The fourth-order valence-electron chi connectivity index (χ4n) is 3.52. The van der Waals surface area contributed by atoms with Crippen molar-refractivity contribution in [3.05, 3.63) is 18.2 Å². The van der Waals surface area contributed by atoms with Crippen LogP contribution in [0.2, 0.25) is 0 Å². The molecule has 2 heterocycles. The van der Waals surface area contributed by atoms with Crippen LogP contribution in [0, 0.1) is 5.92 Å². The van der Waals surface area contributed by atoms with Crippen molar-refractivity contribution in [2.24, 2.45) is 5.92 Å². The van der Waals surface area contributed by atoms with Crippen LogP contribution in [0.1, 0.15) is 19.3 Å². The molecule has 2 N–H and O–H groups in total. The van der Waals surface area contributed by atoms with Crippen molar-refractivity contribution in [1.29, 1.82) is 0 Å². The van der Waals surface area contributed by atoms with E-state index in [4.69, 9.17) is 4.74 Å². The number of morpholine rings is 1. The minimum atomic E-state index is -3.66. The molecule has 4 rings (SSSR count). The average Bonchev–Trinajstić information content (AvgIpc) is 2.87.